The second-order valence-electron chi connectivity index (χ2n) is 6.23. The molecule has 3 rings (SSSR count). The summed E-state index contributed by atoms with van der Waals surface area (Å²) in [7, 11) is 0. The quantitative estimate of drug-likeness (QED) is 0.775. The van der Waals surface area contributed by atoms with Crippen LogP contribution in [0.15, 0.2) is 42.5 Å². The Hall–Kier alpha value is -2.11. The predicted molar refractivity (Wildman–Crippen MR) is 99.8 cm³/mol. The van der Waals surface area contributed by atoms with E-state index in [0.717, 1.165) is 0 Å². The standard InChI is InChI=1S/C19H17Cl2FN2O2/c20-12-7-13(21)9-14(8-12)24-19(26)16-10-15(16)18(25)23-6-5-11-3-1-2-4-17(11)22/h1-4,7-9,15-16H,5-6,10H2,(H,23,25)(H,24,26). The van der Waals surface area contributed by atoms with E-state index in [-0.39, 0.29) is 29.5 Å². The zero-order valence-corrected chi connectivity index (χ0v) is 15.3. The molecule has 0 spiro atoms. The molecule has 2 unspecified atom stereocenters. The lowest BCUT2D eigenvalue weighted by Crippen LogP contribution is -2.29. The Kier molecular flexibility index (Phi) is 5.79. The molecule has 2 aromatic carbocycles. The molecule has 1 fully saturated rings. The number of benzene rings is 2. The van der Waals surface area contributed by atoms with E-state index < -0.39 is 0 Å². The van der Waals surface area contributed by atoms with Crippen LogP contribution in [0.1, 0.15) is 12.0 Å². The summed E-state index contributed by atoms with van der Waals surface area (Å²) >= 11 is 11.8. The number of carbonyl (C=O) groups is 2. The van der Waals surface area contributed by atoms with Crippen LogP contribution in [0.25, 0.3) is 0 Å². The highest BCUT2D eigenvalue weighted by Crippen LogP contribution is 2.39. The van der Waals surface area contributed by atoms with E-state index in [9.17, 15) is 14.0 Å². The molecular weight excluding hydrogens is 378 g/mol. The molecule has 0 radical (unpaired) electrons. The van der Waals surface area contributed by atoms with Crippen molar-refractivity contribution in [3.8, 4) is 0 Å². The molecule has 7 heteroatoms. The molecule has 1 aliphatic carbocycles. The Bertz CT molecular complexity index is 824. The first-order chi connectivity index (χ1) is 12.4. The fourth-order valence-electron chi connectivity index (χ4n) is 2.79. The lowest BCUT2D eigenvalue weighted by Gasteiger charge is -2.07. The summed E-state index contributed by atoms with van der Waals surface area (Å²) in [5.74, 6) is -1.44. The van der Waals surface area contributed by atoms with Crippen LogP contribution >= 0.6 is 23.2 Å². The first-order valence-corrected chi connectivity index (χ1v) is 8.97. The third-order valence-corrected chi connectivity index (χ3v) is 4.68. The molecule has 26 heavy (non-hydrogen) atoms. The van der Waals surface area contributed by atoms with E-state index in [2.05, 4.69) is 10.6 Å². The van der Waals surface area contributed by atoms with Gasteiger partial charge in [-0.3, -0.25) is 9.59 Å². The van der Waals surface area contributed by atoms with Crippen molar-refractivity contribution in [1.29, 1.82) is 0 Å². The van der Waals surface area contributed by atoms with Gasteiger partial charge in [0.2, 0.25) is 11.8 Å². The molecule has 1 saturated carbocycles. The number of hydrogen-bond donors (Lipinski definition) is 2. The van der Waals surface area contributed by atoms with Crippen molar-refractivity contribution < 1.29 is 14.0 Å². The number of rotatable bonds is 6. The number of nitrogens with one attached hydrogen (secondary N) is 2. The third kappa shape index (κ3) is 4.74. The minimum absolute atomic E-state index is 0.189. The lowest BCUT2D eigenvalue weighted by molar-refractivity contribution is -0.125. The third-order valence-electron chi connectivity index (χ3n) is 4.25. The molecular formula is C19H17Cl2FN2O2. The van der Waals surface area contributed by atoms with Crippen molar-refractivity contribution in [1.82, 2.24) is 5.32 Å². The maximum atomic E-state index is 13.5. The molecule has 2 N–H and O–H groups in total. The molecule has 0 saturated heterocycles. The Labute approximate surface area is 160 Å². The summed E-state index contributed by atoms with van der Waals surface area (Å²) in [6.45, 7) is 0.328. The second kappa shape index (κ2) is 8.06. The van der Waals surface area contributed by atoms with Gasteiger partial charge in [-0.1, -0.05) is 41.4 Å². The molecule has 0 aromatic heterocycles. The Morgan fingerprint density at radius 2 is 1.69 bits per heavy atom. The van der Waals surface area contributed by atoms with Crippen molar-refractivity contribution >= 4 is 40.7 Å². The molecule has 2 aromatic rings. The minimum atomic E-state index is -0.374. The lowest BCUT2D eigenvalue weighted by atomic mass is 10.1. The van der Waals surface area contributed by atoms with Gasteiger partial charge in [0.05, 0.1) is 11.8 Å². The largest absolute Gasteiger partial charge is 0.356 e. The summed E-state index contributed by atoms with van der Waals surface area (Å²) in [5, 5.41) is 6.33. The van der Waals surface area contributed by atoms with Crippen LogP contribution in [-0.4, -0.2) is 18.4 Å². The first-order valence-electron chi connectivity index (χ1n) is 8.22. The van der Waals surface area contributed by atoms with Gasteiger partial charge in [0.1, 0.15) is 5.82 Å². The highest BCUT2D eigenvalue weighted by Gasteiger charge is 2.47. The first kappa shape index (κ1) is 18.7. The maximum Gasteiger partial charge on any atom is 0.228 e. The average Bonchev–Trinajstić information content (AvgIpc) is 3.36. The number of anilines is 1. The SMILES string of the molecule is O=C(NCCc1ccccc1F)C1CC1C(=O)Nc1cc(Cl)cc(Cl)c1. The van der Waals surface area contributed by atoms with Crippen molar-refractivity contribution in [2.45, 2.75) is 12.8 Å². The Morgan fingerprint density at radius 1 is 1.04 bits per heavy atom. The number of hydrogen-bond acceptors (Lipinski definition) is 2. The second-order valence-corrected chi connectivity index (χ2v) is 7.10. The summed E-state index contributed by atoms with van der Waals surface area (Å²) < 4.78 is 13.5. The van der Waals surface area contributed by atoms with Crippen LogP contribution in [0, 0.1) is 17.7 Å². The molecule has 0 heterocycles. The van der Waals surface area contributed by atoms with Crippen LogP contribution in [0.5, 0.6) is 0 Å². The number of carbonyl (C=O) groups excluding carboxylic acids is 2. The summed E-state index contributed by atoms with van der Waals surface area (Å²) in [6, 6.07) is 11.2. The molecule has 0 aliphatic heterocycles. The zero-order chi connectivity index (χ0) is 18.7. The van der Waals surface area contributed by atoms with Gasteiger partial charge >= 0.3 is 0 Å². The van der Waals surface area contributed by atoms with Gasteiger partial charge in [-0.25, -0.2) is 4.39 Å². The van der Waals surface area contributed by atoms with Gasteiger partial charge in [0, 0.05) is 22.3 Å². The predicted octanol–water partition coefficient (Wildman–Crippen LogP) is 4.07. The summed E-state index contributed by atoms with van der Waals surface area (Å²) in [5.41, 5.74) is 1.05. The van der Waals surface area contributed by atoms with Gasteiger partial charge in [0.15, 0.2) is 0 Å². The minimum Gasteiger partial charge on any atom is -0.356 e. The highest BCUT2D eigenvalue weighted by molar-refractivity contribution is 6.35. The molecule has 136 valence electrons. The van der Waals surface area contributed by atoms with Gasteiger partial charge in [0.25, 0.3) is 0 Å². The monoisotopic (exact) mass is 394 g/mol. The van der Waals surface area contributed by atoms with Gasteiger partial charge in [-0.15, -0.1) is 0 Å². The van der Waals surface area contributed by atoms with Gasteiger partial charge in [-0.05, 0) is 42.7 Å². The topological polar surface area (TPSA) is 58.2 Å². The zero-order valence-electron chi connectivity index (χ0n) is 13.8. The molecule has 0 bridgehead atoms. The van der Waals surface area contributed by atoms with Gasteiger partial charge < -0.3 is 10.6 Å². The van der Waals surface area contributed by atoms with Crippen LogP contribution in [0.3, 0.4) is 0 Å². The molecule has 2 atom stereocenters. The Balaban J connectivity index is 1.46. The van der Waals surface area contributed by atoms with E-state index in [1.807, 2.05) is 0 Å². The average molecular weight is 395 g/mol. The molecule has 4 nitrogen and oxygen atoms in total. The number of amides is 2. The van der Waals surface area contributed by atoms with Crippen LogP contribution in [0.4, 0.5) is 10.1 Å². The van der Waals surface area contributed by atoms with Crippen LogP contribution in [-0.2, 0) is 16.0 Å². The normalized spacial score (nSPS) is 18.3. The summed E-state index contributed by atoms with van der Waals surface area (Å²) in [6.07, 6.45) is 0.897. The van der Waals surface area contributed by atoms with Crippen molar-refractivity contribution in [3.63, 3.8) is 0 Å². The van der Waals surface area contributed by atoms with E-state index in [0.29, 0.717) is 40.7 Å². The van der Waals surface area contributed by atoms with Crippen molar-refractivity contribution in [2.75, 3.05) is 11.9 Å². The van der Waals surface area contributed by atoms with Crippen LogP contribution in [0.2, 0.25) is 10.0 Å². The van der Waals surface area contributed by atoms with Crippen molar-refractivity contribution in [2.24, 2.45) is 11.8 Å². The fraction of sp³-hybridized carbons (Fsp3) is 0.263. The molecule has 2 amide bonds. The van der Waals surface area contributed by atoms with Gasteiger partial charge in [-0.2, -0.15) is 0 Å². The fourth-order valence-corrected chi connectivity index (χ4v) is 3.31. The van der Waals surface area contributed by atoms with E-state index in [1.54, 1.807) is 36.4 Å². The highest BCUT2D eigenvalue weighted by atomic mass is 35.5. The summed E-state index contributed by atoms with van der Waals surface area (Å²) in [4.78, 5) is 24.4. The van der Waals surface area contributed by atoms with Crippen LogP contribution < -0.4 is 10.6 Å². The maximum absolute atomic E-state index is 13.5. The molecule has 1 aliphatic rings. The van der Waals surface area contributed by atoms with Crippen molar-refractivity contribution in [3.05, 3.63) is 63.9 Å². The Morgan fingerprint density at radius 3 is 2.38 bits per heavy atom. The van der Waals surface area contributed by atoms with E-state index >= 15 is 0 Å². The van der Waals surface area contributed by atoms with E-state index in [4.69, 9.17) is 23.2 Å². The van der Waals surface area contributed by atoms with E-state index in [1.165, 1.54) is 6.07 Å². The smallest absolute Gasteiger partial charge is 0.228 e. The number of halogens is 3.